The summed E-state index contributed by atoms with van der Waals surface area (Å²) >= 11 is 5.73. The average molecular weight is 450 g/mol. The Morgan fingerprint density at radius 1 is 1.13 bits per heavy atom. The number of rotatable bonds is 7. The van der Waals surface area contributed by atoms with Crippen LogP contribution < -0.4 is 10.6 Å². The van der Waals surface area contributed by atoms with E-state index in [0.29, 0.717) is 10.9 Å². The molecule has 1 saturated carbocycles. The lowest BCUT2D eigenvalue weighted by Gasteiger charge is -2.35. The number of nitrogens with zero attached hydrogens (tertiary/aromatic N) is 1. The molecule has 1 amide bonds. The van der Waals surface area contributed by atoms with Crippen LogP contribution in [0.4, 0.5) is 10.5 Å². The molecule has 3 atom stereocenters. The van der Waals surface area contributed by atoms with Crippen molar-refractivity contribution in [2.45, 2.75) is 84.4 Å². The highest BCUT2D eigenvalue weighted by atomic mass is 32.1. The van der Waals surface area contributed by atoms with E-state index in [1.807, 2.05) is 27.7 Å². The highest BCUT2D eigenvalue weighted by Gasteiger charge is 2.32. The minimum atomic E-state index is -0.593. The maximum atomic E-state index is 12.5. The number of amides is 1. The van der Waals surface area contributed by atoms with Gasteiger partial charge < -0.3 is 15.4 Å². The molecule has 1 fully saturated rings. The Morgan fingerprint density at radius 2 is 1.71 bits per heavy atom. The van der Waals surface area contributed by atoms with Gasteiger partial charge in [0.05, 0.1) is 16.0 Å². The third-order valence-corrected chi connectivity index (χ3v) is 6.21. The zero-order valence-corrected chi connectivity index (χ0v) is 20.0. The maximum absolute atomic E-state index is 12.5. The van der Waals surface area contributed by atoms with Crippen LogP contribution in [0.1, 0.15) is 78.3 Å². The van der Waals surface area contributed by atoms with E-state index in [-0.39, 0.29) is 23.7 Å². The van der Waals surface area contributed by atoms with E-state index in [1.54, 1.807) is 12.1 Å². The van der Waals surface area contributed by atoms with Crippen LogP contribution in [0.2, 0.25) is 0 Å². The summed E-state index contributed by atoms with van der Waals surface area (Å²) < 4.78 is 5.48. The zero-order valence-electron chi connectivity index (χ0n) is 19.1. The Balaban J connectivity index is 2.13. The molecule has 0 aliphatic heterocycles. The number of carbonyl (C=O) groups is 1. The lowest BCUT2D eigenvalue weighted by Crippen LogP contribution is -2.52. The van der Waals surface area contributed by atoms with Crippen molar-refractivity contribution >= 4 is 29.0 Å². The van der Waals surface area contributed by atoms with E-state index >= 15 is 0 Å². The molecule has 8 heteroatoms. The van der Waals surface area contributed by atoms with E-state index in [2.05, 4.69) is 17.6 Å². The van der Waals surface area contributed by atoms with Crippen molar-refractivity contribution in [1.82, 2.24) is 10.6 Å². The fourth-order valence-electron chi connectivity index (χ4n) is 4.07. The highest BCUT2D eigenvalue weighted by Crippen LogP contribution is 2.32. The van der Waals surface area contributed by atoms with Crippen LogP contribution in [0.25, 0.3) is 0 Å². The van der Waals surface area contributed by atoms with Crippen LogP contribution in [0.5, 0.6) is 0 Å². The van der Waals surface area contributed by atoms with Crippen LogP contribution >= 0.6 is 12.2 Å². The number of ether oxygens (including phenoxy) is 1. The molecule has 1 aliphatic rings. The summed E-state index contributed by atoms with van der Waals surface area (Å²) in [6.45, 7) is 9.59. The number of hydrogen-bond donors (Lipinski definition) is 2. The predicted octanol–water partition coefficient (Wildman–Crippen LogP) is 5.68. The second-order valence-corrected chi connectivity index (χ2v) is 9.90. The van der Waals surface area contributed by atoms with Gasteiger partial charge in [-0.3, -0.25) is 10.1 Å². The number of hydrogen-bond acceptors (Lipinski definition) is 5. The number of nitrogens with one attached hydrogen (secondary N) is 2. The van der Waals surface area contributed by atoms with E-state index in [1.165, 1.54) is 31.4 Å². The molecule has 31 heavy (non-hydrogen) atoms. The van der Waals surface area contributed by atoms with Gasteiger partial charge in [-0.05, 0) is 45.1 Å². The maximum Gasteiger partial charge on any atom is 0.408 e. The Bertz CT molecular complexity index is 770. The lowest BCUT2D eigenvalue weighted by molar-refractivity contribution is -0.384. The monoisotopic (exact) mass is 449 g/mol. The zero-order chi connectivity index (χ0) is 23.2. The smallest absolute Gasteiger partial charge is 0.408 e. The van der Waals surface area contributed by atoms with Gasteiger partial charge in [-0.1, -0.05) is 63.4 Å². The molecular weight excluding hydrogens is 414 g/mol. The molecule has 1 aliphatic carbocycles. The number of thiocarbonyl (C=S) groups is 1. The Labute approximate surface area is 190 Å². The standard InChI is InChI=1S/C23H35N3O4S/c1-15(17-9-7-6-8-10-17)20(25-22(27)30-23(3,4)5)21(31)24-16(2)18-11-13-19(14-12-18)26(28)29/h11-17,20H,6-10H2,1-5H3,(H,24,31)(H,25,27)/t15?,16-,20+/m0/s1. The molecule has 172 valence electrons. The first-order valence-electron chi connectivity index (χ1n) is 11.0. The molecule has 1 unspecified atom stereocenters. The summed E-state index contributed by atoms with van der Waals surface area (Å²) in [6.07, 6.45) is 5.45. The first-order chi connectivity index (χ1) is 14.5. The molecule has 0 spiro atoms. The van der Waals surface area contributed by atoms with Gasteiger partial charge in [0.2, 0.25) is 0 Å². The average Bonchev–Trinajstić information content (AvgIpc) is 2.70. The lowest BCUT2D eigenvalue weighted by atomic mass is 9.77. The molecule has 0 heterocycles. The Morgan fingerprint density at radius 3 is 2.23 bits per heavy atom. The quantitative estimate of drug-likeness (QED) is 0.316. The summed E-state index contributed by atoms with van der Waals surface area (Å²) in [5, 5.41) is 17.2. The molecule has 0 aromatic heterocycles. The van der Waals surface area contributed by atoms with E-state index in [4.69, 9.17) is 17.0 Å². The predicted molar refractivity (Wildman–Crippen MR) is 126 cm³/mol. The molecule has 7 nitrogen and oxygen atoms in total. The molecule has 2 rings (SSSR count). The SMILES string of the molecule is CC(C1CCCCC1)[C@@H](NC(=O)OC(C)(C)C)C(=S)N[C@@H](C)c1ccc([N+](=O)[O-])cc1. The van der Waals surface area contributed by atoms with Gasteiger partial charge in [0.1, 0.15) is 5.60 Å². The number of carbonyl (C=O) groups excluding carboxylic acids is 1. The molecular formula is C23H35N3O4S. The van der Waals surface area contributed by atoms with Crippen molar-refractivity contribution in [3.8, 4) is 0 Å². The second kappa shape index (κ2) is 10.9. The van der Waals surface area contributed by atoms with Gasteiger partial charge >= 0.3 is 6.09 Å². The summed E-state index contributed by atoms with van der Waals surface area (Å²) in [6, 6.07) is 5.90. The van der Waals surface area contributed by atoms with Gasteiger partial charge in [0.15, 0.2) is 0 Å². The third kappa shape index (κ3) is 7.76. The molecule has 0 radical (unpaired) electrons. The van der Waals surface area contributed by atoms with Crippen molar-refractivity contribution in [2.75, 3.05) is 0 Å². The number of nitro groups is 1. The van der Waals surface area contributed by atoms with Crippen LogP contribution in [-0.2, 0) is 4.74 Å². The van der Waals surface area contributed by atoms with Gasteiger partial charge in [-0.15, -0.1) is 0 Å². The molecule has 1 aromatic rings. The van der Waals surface area contributed by atoms with Crippen molar-refractivity contribution in [2.24, 2.45) is 11.8 Å². The molecule has 2 N–H and O–H groups in total. The summed E-state index contributed by atoms with van der Waals surface area (Å²) in [5.41, 5.74) is 0.340. The molecule has 0 bridgehead atoms. The Hall–Kier alpha value is -2.22. The minimum absolute atomic E-state index is 0.0499. The fourth-order valence-corrected chi connectivity index (χ4v) is 4.52. The third-order valence-electron chi connectivity index (χ3n) is 5.84. The second-order valence-electron chi connectivity index (χ2n) is 9.46. The highest BCUT2D eigenvalue weighted by molar-refractivity contribution is 7.80. The van der Waals surface area contributed by atoms with Crippen LogP contribution in [0.3, 0.4) is 0 Å². The van der Waals surface area contributed by atoms with Gasteiger partial charge in [0, 0.05) is 18.2 Å². The van der Waals surface area contributed by atoms with Crippen molar-refractivity contribution in [3.05, 3.63) is 39.9 Å². The van der Waals surface area contributed by atoms with E-state index < -0.39 is 16.6 Å². The molecule has 0 saturated heterocycles. The number of nitro benzene ring substituents is 1. The fraction of sp³-hybridized carbons (Fsp3) is 0.652. The largest absolute Gasteiger partial charge is 0.444 e. The summed E-state index contributed by atoms with van der Waals surface area (Å²) in [4.78, 5) is 23.6. The number of alkyl carbamates (subject to hydrolysis) is 1. The van der Waals surface area contributed by atoms with Crippen LogP contribution in [-0.4, -0.2) is 27.6 Å². The topological polar surface area (TPSA) is 93.5 Å². The summed E-state index contributed by atoms with van der Waals surface area (Å²) in [7, 11) is 0. The van der Waals surface area contributed by atoms with Gasteiger partial charge in [0.25, 0.3) is 5.69 Å². The van der Waals surface area contributed by atoms with Crippen molar-refractivity contribution < 1.29 is 14.5 Å². The number of non-ortho nitro benzene ring substituents is 1. The summed E-state index contributed by atoms with van der Waals surface area (Å²) in [5.74, 6) is 0.653. The van der Waals surface area contributed by atoms with Crippen molar-refractivity contribution in [3.63, 3.8) is 0 Å². The minimum Gasteiger partial charge on any atom is -0.444 e. The van der Waals surface area contributed by atoms with E-state index in [0.717, 1.165) is 18.4 Å². The Kier molecular flexibility index (Phi) is 8.79. The van der Waals surface area contributed by atoms with Crippen LogP contribution in [0.15, 0.2) is 24.3 Å². The van der Waals surface area contributed by atoms with E-state index in [9.17, 15) is 14.9 Å². The van der Waals surface area contributed by atoms with Gasteiger partial charge in [-0.2, -0.15) is 0 Å². The number of benzene rings is 1. The van der Waals surface area contributed by atoms with Gasteiger partial charge in [-0.25, -0.2) is 4.79 Å². The first kappa shape index (κ1) is 25.0. The van der Waals surface area contributed by atoms with Crippen LogP contribution in [0, 0.1) is 22.0 Å². The first-order valence-corrected chi connectivity index (χ1v) is 11.4. The van der Waals surface area contributed by atoms with Crippen molar-refractivity contribution in [1.29, 1.82) is 0 Å². The molecule has 1 aromatic carbocycles. The normalized spacial score (nSPS) is 17.8.